The standard InChI is InChI=1S/C19H21N5O2S/c1-4-24(5-2)19(26)13-6-8-15(9-7-13)21-17(25)16-12-27-18(22-16)14-10-20-23(3)11-14/h6-12H,4-5H2,1-3H3,(H,21,25). The van der Waals surface area contributed by atoms with Gasteiger partial charge in [-0.2, -0.15) is 5.10 Å². The van der Waals surface area contributed by atoms with Gasteiger partial charge in [0.2, 0.25) is 0 Å². The molecule has 0 aliphatic carbocycles. The van der Waals surface area contributed by atoms with Crippen molar-refractivity contribution in [2.24, 2.45) is 7.05 Å². The third kappa shape index (κ3) is 4.22. The number of aryl methyl sites for hydroxylation is 1. The lowest BCUT2D eigenvalue weighted by Crippen LogP contribution is -2.30. The second-order valence-corrected chi connectivity index (χ2v) is 6.81. The lowest BCUT2D eigenvalue weighted by molar-refractivity contribution is 0.0773. The summed E-state index contributed by atoms with van der Waals surface area (Å²) in [5.74, 6) is -0.303. The van der Waals surface area contributed by atoms with Crippen LogP contribution in [0.15, 0.2) is 42.0 Å². The Morgan fingerprint density at radius 1 is 1.19 bits per heavy atom. The van der Waals surface area contributed by atoms with E-state index in [0.29, 0.717) is 30.0 Å². The molecule has 2 heterocycles. The van der Waals surface area contributed by atoms with Crippen LogP contribution in [0.25, 0.3) is 10.6 Å². The first-order valence-corrected chi connectivity index (χ1v) is 9.55. The van der Waals surface area contributed by atoms with E-state index >= 15 is 0 Å². The van der Waals surface area contributed by atoms with E-state index < -0.39 is 0 Å². The Morgan fingerprint density at radius 3 is 2.48 bits per heavy atom. The monoisotopic (exact) mass is 383 g/mol. The lowest BCUT2D eigenvalue weighted by atomic mass is 10.1. The van der Waals surface area contributed by atoms with E-state index in [-0.39, 0.29) is 11.8 Å². The van der Waals surface area contributed by atoms with Crippen molar-refractivity contribution in [1.82, 2.24) is 19.7 Å². The van der Waals surface area contributed by atoms with E-state index in [1.165, 1.54) is 11.3 Å². The normalized spacial score (nSPS) is 10.6. The summed E-state index contributed by atoms with van der Waals surface area (Å²) in [4.78, 5) is 30.9. The molecule has 0 aliphatic rings. The molecule has 0 saturated carbocycles. The average molecular weight is 383 g/mol. The van der Waals surface area contributed by atoms with Gasteiger partial charge in [-0.25, -0.2) is 4.98 Å². The predicted molar refractivity (Wildman–Crippen MR) is 106 cm³/mol. The maximum Gasteiger partial charge on any atom is 0.275 e. The summed E-state index contributed by atoms with van der Waals surface area (Å²) >= 11 is 1.39. The summed E-state index contributed by atoms with van der Waals surface area (Å²) in [6.45, 7) is 5.22. The maximum absolute atomic E-state index is 12.4. The minimum Gasteiger partial charge on any atom is -0.339 e. The molecule has 0 radical (unpaired) electrons. The van der Waals surface area contributed by atoms with E-state index in [0.717, 1.165) is 10.6 Å². The van der Waals surface area contributed by atoms with Crippen molar-refractivity contribution in [2.45, 2.75) is 13.8 Å². The number of hydrogen-bond acceptors (Lipinski definition) is 5. The first-order chi connectivity index (χ1) is 13.0. The summed E-state index contributed by atoms with van der Waals surface area (Å²) in [5, 5.41) is 9.39. The molecular weight excluding hydrogens is 362 g/mol. The number of nitrogens with one attached hydrogen (secondary N) is 1. The number of carbonyl (C=O) groups is 2. The van der Waals surface area contributed by atoms with Gasteiger partial charge in [0.25, 0.3) is 11.8 Å². The first-order valence-electron chi connectivity index (χ1n) is 8.67. The molecule has 0 fully saturated rings. The number of rotatable bonds is 6. The van der Waals surface area contributed by atoms with Crippen LogP contribution >= 0.6 is 11.3 Å². The van der Waals surface area contributed by atoms with Gasteiger partial charge in [0.1, 0.15) is 10.7 Å². The van der Waals surface area contributed by atoms with Crippen molar-refractivity contribution in [3.05, 3.63) is 53.3 Å². The third-order valence-electron chi connectivity index (χ3n) is 4.13. The molecule has 0 aliphatic heterocycles. The van der Waals surface area contributed by atoms with Gasteiger partial charge in [-0.15, -0.1) is 11.3 Å². The zero-order valence-corrected chi connectivity index (χ0v) is 16.3. The molecule has 0 bridgehead atoms. The highest BCUT2D eigenvalue weighted by Gasteiger charge is 2.15. The Morgan fingerprint density at radius 2 is 1.89 bits per heavy atom. The number of nitrogens with zero attached hydrogens (tertiary/aromatic N) is 4. The Kier molecular flexibility index (Phi) is 5.66. The van der Waals surface area contributed by atoms with Crippen molar-refractivity contribution in [3.8, 4) is 10.6 Å². The van der Waals surface area contributed by atoms with Crippen LogP contribution in [0.5, 0.6) is 0 Å². The van der Waals surface area contributed by atoms with Crippen LogP contribution in [0.4, 0.5) is 5.69 Å². The highest BCUT2D eigenvalue weighted by Crippen LogP contribution is 2.23. The zero-order valence-electron chi connectivity index (χ0n) is 15.5. The highest BCUT2D eigenvalue weighted by atomic mass is 32.1. The summed E-state index contributed by atoms with van der Waals surface area (Å²) in [6, 6.07) is 6.89. The van der Waals surface area contributed by atoms with E-state index in [1.54, 1.807) is 45.4 Å². The van der Waals surface area contributed by atoms with E-state index in [4.69, 9.17) is 0 Å². The molecule has 8 heteroatoms. The molecule has 2 amide bonds. The molecule has 2 aromatic heterocycles. The Balaban J connectivity index is 1.68. The van der Waals surface area contributed by atoms with Crippen molar-refractivity contribution in [2.75, 3.05) is 18.4 Å². The summed E-state index contributed by atoms with van der Waals surface area (Å²) in [7, 11) is 1.83. The van der Waals surface area contributed by atoms with Crippen molar-refractivity contribution >= 4 is 28.8 Å². The number of anilines is 1. The van der Waals surface area contributed by atoms with Gasteiger partial charge in [0, 0.05) is 48.5 Å². The molecular formula is C19H21N5O2S. The highest BCUT2D eigenvalue weighted by molar-refractivity contribution is 7.13. The molecule has 140 valence electrons. The molecule has 3 aromatic rings. The minimum atomic E-state index is -0.288. The smallest absolute Gasteiger partial charge is 0.275 e. The van der Waals surface area contributed by atoms with Crippen LogP contribution in [-0.4, -0.2) is 44.6 Å². The van der Waals surface area contributed by atoms with Crippen molar-refractivity contribution < 1.29 is 9.59 Å². The van der Waals surface area contributed by atoms with Crippen molar-refractivity contribution in [3.63, 3.8) is 0 Å². The molecule has 0 spiro atoms. The van der Waals surface area contributed by atoms with Crippen LogP contribution in [0.2, 0.25) is 0 Å². The van der Waals surface area contributed by atoms with Gasteiger partial charge in [0.15, 0.2) is 0 Å². The third-order valence-corrected chi connectivity index (χ3v) is 5.02. The van der Waals surface area contributed by atoms with E-state index in [1.807, 2.05) is 27.1 Å². The number of amides is 2. The fourth-order valence-corrected chi connectivity index (χ4v) is 3.40. The Bertz CT molecular complexity index is 941. The first kappa shape index (κ1) is 18.8. The van der Waals surface area contributed by atoms with Crippen LogP contribution in [-0.2, 0) is 7.05 Å². The SMILES string of the molecule is CCN(CC)C(=O)c1ccc(NC(=O)c2csc(-c3cnn(C)c3)n2)cc1. The lowest BCUT2D eigenvalue weighted by Gasteiger charge is -2.18. The molecule has 1 aromatic carbocycles. The number of thiazole rings is 1. The largest absolute Gasteiger partial charge is 0.339 e. The second-order valence-electron chi connectivity index (χ2n) is 5.95. The second kappa shape index (κ2) is 8.13. The maximum atomic E-state index is 12.4. The number of hydrogen-bond donors (Lipinski definition) is 1. The quantitative estimate of drug-likeness (QED) is 0.708. The summed E-state index contributed by atoms with van der Waals surface area (Å²) in [6.07, 6.45) is 3.57. The van der Waals surface area contributed by atoms with Crippen LogP contribution < -0.4 is 5.32 Å². The number of benzene rings is 1. The minimum absolute atomic E-state index is 0.0153. The summed E-state index contributed by atoms with van der Waals surface area (Å²) in [5.41, 5.74) is 2.44. The number of carbonyl (C=O) groups excluding carboxylic acids is 2. The van der Waals surface area contributed by atoms with Gasteiger partial charge < -0.3 is 10.2 Å². The van der Waals surface area contributed by atoms with E-state index in [9.17, 15) is 9.59 Å². The summed E-state index contributed by atoms with van der Waals surface area (Å²) < 4.78 is 1.69. The van der Waals surface area contributed by atoms with Crippen LogP contribution in [0, 0.1) is 0 Å². The Hall–Kier alpha value is -3.00. The van der Waals surface area contributed by atoms with Gasteiger partial charge in [-0.05, 0) is 38.1 Å². The fourth-order valence-electron chi connectivity index (χ4n) is 2.63. The van der Waals surface area contributed by atoms with E-state index in [2.05, 4.69) is 15.4 Å². The molecule has 1 N–H and O–H groups in total. The zero-order chi connectivity index (χ0) is 19.4. The molecule has 0 atom stereocenters. The number of aromatic nitrogens is 3. The molecule has 7 nitrogen and oxygen atoms in total. The molecule has 27 heavy (non-hydrogen) atoms. The molecule has 3 rings (SSSR count). The van der Waals surface area contributed by atoms with Crippen LogP contribution in [0.3, 0.4) is 0 Å². The predicted octanol–water partition coefficient (Wildman–Crippen LogP) is 3.28. The topological polar surface area (TPSA) is 80.1 Å². The average Bonchev–Trinajstić information content (AvgIpc) is 3.32. The van der Waals surface area contributed by atoms with Gasteiger partial charge in [0.05, 0.1) is 6.20 Å². The van der Waals surface area contributed by atoms with Crippen molar-refractivity contribution in [1.29, 1.82) is 0 Å². The van der Waals surface area contributed by atoms with Crippen LogP contribution in [0.1, 0.15) is 34.7 Å². The van der Waals surface area contributed by atoms with Gasteiger partial charge in [-0.3, -0.25) is 14.3 Å². The fraction of sp³-hybridized carbons (Fsp3) is 0.263. The Labute approximate surface area is 161 Å². The molecule has 0 saturated heterocycles. The molecule has 0 unspecified atom stereocenters. The van der Waals surface area contributed by atoms with Gasteiger partial charge in [-0.1, -0.05) is 0 Å². The van der Waals surface area contributed by atoms with Gasteiger partial charge >= 0.3 is 0 Å².